The van der Waals surface area contributed by atoms with Crippen LogP contribution in [0, 0.1) is 0 Å². The summed E-state index contributed by atoms with van der Waals surface area (Å²) in [5.41, 5.74) is 0.684. The zero-order valence-corrected chi connectivity index (χ0v) is 12.5. The van der Waals surface area contributed by atoms with Gasteiger partial charge in [-0.1, -0.05) is 11.6 Å². The topological polar surface area (TPSA) is 53.6 Å². The fraction of sp³-hybridized carbons (Fsp3) is 0.500. The van der Waals surface area contributed by atoms with Crippen LogP contribution in [0.1, 0.15) is 6.92 Å². The molecule has 1 heterocycles. The van der Waals surface area contributed by atoms with E-state index in [0.29, 0.717) is 29.0 Å². The van der Waals surface area contributed by atoms with E-state index in [9.17, 15) is 4.79 Å². The minimum absolute atomic E-state index is 0.0278. The molecule has 2 rings (SSSR count). The highest BCUT2D eigenvalue weighted by Gasteiger charge is 2.20. The minimum atomic E-state index is -0.0278. The monoisotopic (exact) mass is 297 g/mol. The Labute approximate surface area is 124 Å². The molecule has 1 amide bonds. The van der Waals surface area contributed by atoms with Crippen LogP contribution in [0.2, 0.25) is 5.02 Å². The number of amides is 1. The molecule has 0 spiro atoms. The molecule has 20 heavy (non-hydrogen) atoms. The number of hydrogen-bond donors (Lipinski definition) is 2. The van der Waals surface area contributed by atoms with Crippen LogP contribution in [0.3, 0.4) is 0 Å². The number of carbonyl (C=O) groups excluding carboxylic acids is 1. The molecule has 0 radical (unpaired) electrons. The predicted octanol–water partition coefficient (Wildman–Crippen LogP) is 1.58. The van der Waals surface area contributed by atoms with Crippen LogP contribution >= 0.6 is 11.6 Å². The van der Waals surface area contributed by atoms with Crippen molar-refractivity contribution in [3.05, 3.63) is 23.2 Å². The van der Waals surface area contributed by atoms with Crippen molar-refractivity contribution in [2.45, 2.75) is 13.0 Å². The second kappa shape index (κ2) is 6.92. The lowest BCUT2D eigenvalue weighted by Crippen LogP contribution is -2.51. The third kappa shape index (κ3) is 3.85. The lowest BCUT2D eigenvalue weighted by Gasteiger charge is -2.33. The maximum absolute atomic E-state index is 12.0. The van der Waals surface area contributed by atoms with E-state index in [1.807, 2.05) is 0 Å². The molecule has 6 heteroatoms. The highest BCUT2D eigenvalue weighted by molar-refractivity contribution is 6.32. The number of methoxy groups -OCH3 is 1. The Bertz CT molecular complexity index is 481. The maximum atomic E-state index is 12.0. The van der Waals surface area contributed by atoms with Gasteiger partial charge in [-0.15, -0.1) is 0 Å². The molecule has 1 aliphatic rings. The Balaban J connectivity index is 1.92. The first-order valence-corrected chi connectivity index (χ1v) is 7.06. The van der Waals surface area contributed by atoms with E-state index < -0.39 is 0 Å². The molecule has 1 aliphatic heterocycles. The summed E-state index contributed by atoms with van der Waals surface area (Å²) in [6, 6.07) is 5.59. The molecular formula is C14H20ClN3O2. The molecule has 2 N–H and O–H groups in total. The summed E-state index contributed by atoms with van der Waals surface area (Å²) in [7, 11) is 1.56. The summed E-state index contributed by atoms with van der Waals surface area (Å²) in [6.45, 7) is 5.24. The van der Waals surface area contributed by atoms with E-state index in [1.54, 1.807) is 25.3 Å². The van der Waals surface area contributed by atoms with E-state index in [2.05, 4.69) is 22.5 Å². The summed E-state index contributed by atoms with van der Waals surface area (Å²) in [5, 5.41) is 6.65. The van der Waals surface area contributed by atoms with E-state index >= 15 is 0 Å². The van der Waals surface area contributed by atoms with Gasteiger partial charge in [0.05, 0.1) is 18.7 Å². The number of anilines is 1. The van der Waals surface area contributed by atoms with E-state index in [-0.39, 0.29) is 5.91 Å². The van der Waals surface area contributed by atoms with E-state index in [1.165, 1.54) is 0 Å². The van der Waals surface area contributed by atoms with Gasteiger partial charge < -0.3 is 15.4 Å². The number of rotatable bonds is 4. The quantitative estimate of drug-likeness (QED) is 0.886. The van der Waals surface area contributed by atoms with Crippen molar-refractivity contribution in [1.29, 1.82) is 0 Å². The summed E-state index contributed by atoms with van der Waals surface area (Å²) < 4.78 is 5.08. The number of hydrogen-bond acceptors (Lipinski definition) is 4. The number of benzene rings is 1. The van der Waals surface area contributed by atoms with E-state index in [4.69, 9.17) is 16.3 Å². The van der Waals surface area contributed by atoms with Crippen molar-refractivity contribution < 1.29 is 9.53 Å². The van der Waals surface area contributed by atoms with Crippen molar-refractivity contribution in [1.82, 2.24) is 10.2 Å². The van der Waals surface area contributed by atoms with E-state index in [0.717, 1.165) is 19.6 Å². The lowest BCUT2D eigenvalue weighted by molar-refractivity contribution is -0.118. The lowest BCUT2D eigenvalue weighted by atomic mass is 10.2. The fourth-order valence-corrected chi connectivity index (χ4v) is 2.50. The molecule has 1 aromatic rings. The minimum Gasteiger partial charge on any atom is -0.495 e. The Morgan fingerprint density at radius 1 is 1.60 bits per heavy atom. The normalized spacial score (nSPS) is 19.6. The van der Waals surface area contributed by atoms with Gasteiger partial charge in [0.1, 0.15) is 5.75 Å². The first kappa shape index (κ1) is 15.1. The molecule has 0 aromatic heterocycles. The van der Waals surface area contributed by atoms with Crippen molar-refractivity contribution >= 4 is 23.2 Å². The third-order valence-corrected chi connectivity index (χ3v) is 3.72. The van der Waals surface area contributed by atoms with Gasteiger partial charge in [-0.05, 0) is 25.1 Å². The van der Waals surface area contributed by atoms with Crippen molar-refractivity contribution in [2.24, 2.45) is 0 Å². The molecule has 1 fully saturated rings. The van der Waals surface area contributed by atoms with Gasteiger partial charge in [0, 0.05) is 31.4 Å². The van der Waals surface area contributed by atoms with Gasteiger partial charge in [0.15, 0.2) is 0 Å². The van der Waals surface area contributed by atoms with Gasteiger partial charge >= 0.3 is 0 Å². The molecule has 0 saturated carbocycles. The summed E-state index contributed by atoms with van der Waals surface area (Å²) in [5.74, 6) is 0.570. The van der Waals surface area contributed by atoms with Crippen LogP contribution < -0.4 is 15.4 Å². The number of nitrogens with zero attached hydrogens (tertiary/aromatic N) is 1. The van der Waals surface area contributed by atoms with Crippen LogP contribution in [-0.4, -0.2) is 50.1 Å². The van der Waals surface area contributed by atoms with Gasteiger partial charge in [-0.3, -0.25) is 9.69 Å². The number of halogens is 1. The maximum Gasteiger partial charge on any atom is 0.238 e. The van der Waals surface area contributed by atoms with Gasteiger partial charge in [0.2, 0.25) is 5.91 Å². The zero-order chi connectivity index (χ0) is 14.5. The van der Waals surface area contributed by atoms with Crippen LogP contribution in [0.5, 0.6) is 5.75 Å². The fourth-order valence-electron chi connectivity index (χ4n) is 2.25. The van der Waals surface area contributed by atoms with Gasteiger partial charge in [-0.2, -0.15) is 0 Å². The highest BCUT2D eigenvalue weighted by Crippen LogP contribution is 2.27. The molecule has 0 aliphatic carbocycles. The van der Waals surface area contributed by atoms with Crippen molar-refractivity contribution in [3.8, 4) is 5.75 Å². The van der Waals surface area contributed by atoms with Gasteiger partial charge in [0.25, 0.3) is 0 Å². The Hall–Kier alpha value is -1.30. The first-order chi connectivity index (χ1) is 9.60. The molecule has 1 atom stereocenters. The summed E-state index contributed by atoms with van der Waals surface area (Å²) in [6.07, 6.45) is 0. The standard InChI is InChI=1S/C14H20ClN3O2/c1-10-8-16-5-6-18(10)9-14(19)17-11-3-4-13(20-2)12(15)7-11/h3-4,7,10,16H,5-6,8-9H2,1-2H3,(H,17,19). The predicted molar refractivity (Wildman–Crippen MR) is 80.5 cm³/mol. The molecule has 5 nitrogen and oxygen atoms in total. The first-order valence-electron chi connectivity index (χ1n) is 6.68. The summed E-state index contributed by atoms with van der Waals surface area (Å²) in [4.78, 5) is 14.2. The zero-order valence-electron chi connectivity index (χ0n) is 11.8. The summed E-state index contributed by atoms with van der Waals surface area (Å²) >= 11 is 6.03. The number of carbonyl (C=O) groups is 1. The molecular weight excluding hydrogens is 278 g/mol. The second-order valence-corrected chi connectivity index (χ2v) is 5.33. The average Bonchev–Trinajstić information content (AvgIpc) is 2.41. The molecule has 1 unspecified atom stereocenters. The van der Waals surface area contributed by atoms with Crippen LogP contribution in [0.15, 0.2) is 18.2 Å². The Morgan fingerprint density at radius 2 is 2.40 bits per heavy atom. The van der Waals surface area contributed by atoms with Gasteiger partial charge in [-0.25, -0.2) is 0 Å². The average molecular weight is 298 g/mol. The SMILES string of the molecule is COc1ccc(NC(=O)CN2CCNCC2C)cc1Cl. The largest absolute Gasteiger partial charge is 0.495 e. The van der Waals surface area contributed by atoms with Crippen molar-refractivity contribution in [2.75, 3.05) is 38.6 Å². The molecule has 1 aromatic carbocycles. The smallest absolute Gasteiger partial charge is 0.238 e. The van der Waals surface area contributed by atoms with Crippen molar-refractivity contribution in [3.63, 3.8) is 0 Å². The van der Waals surface area contributed by atoms with Crippen LogP contribution in [0.25, 0.3) is 0 Å². The molecule has 1 saturated heterocycles. The third-order valence-electron chi connectivity index (χ3n) is 3.42. The second-order valence-electron chi connectivity index (χ2n) is 4.92. The molecule has 110 valence electrons. The Morgan fingerprint density at radius 3 is 3.05 bits per heavy atom. The number of piperazine rings is 1. The highest BCUT2D eigenvalue weighted by atomic mass is 35.5. The Kier molecular flexibility index (Phi) is 5.23. The van der Waals surface area contributed by atoms with Crippen LogP contribution in [0.4, 0.5) is 5.69 Å². The van der Waals surface area contributed by atoms with Crippen LogP contribution in [-0.2, 0) is 4.79 Å². The molecule has 0 bridgehead atoms. The number of ether oxygens (including phenoxy) is 1. The number of nitrogens with one attached hydrogen (secondary N) is 2.